The second-order valence-corrected chi connectivity index (χ2v) is 10.3. The van der Waals surface area contributed by atoms with Gasteiger partial charge in [0.25, 0.3) is 15.9 Å². The fourth-order valence-electron chi connectivity index (χ4n) is 3.09. The van der Waals surface area contributed by atoms with Crippen molar-refractivity contribution < 1.29 is 13.2 Å². The van der Waals surface area contributed by atoms with Crippen molar-refractivity contribution in [2.45, 2.75) is 17.9 Å². The zero-order valence-corrected chi connectivity index (χ0v) is 19.8. The van der Waals surface area contributed by atoms with E-state index < -0.39 is 15.9 Å². The molecule has 9 heteroatoms. The summed E-state index contributed by atoms with van der Waals surface area (Å²) in [6.45, 7) is 2.20. The van der Waals surface area contributed by atoms with Crippen molar-refractivity contribution in [3.05, 3.63) is 81.0 Å². The molecule has 31 heavy (non-hydrogen) atoms. The highest BCUT2D eigenvalue weighted by Crippen LogP contribution is 2.27. The van der Waals surface area contributed by atoms with Crippen LogP contribution >= 0.6 is 22.9 Å². The summed E-state index contributed by atoms with van der Waals surface area (Å²) in [5, 5.41) is 5.06. The van der Waals surface area contributed by atoms with E-state index in [1.54, 1.807) is 23.6 Å². The van der Waals surface area contributed by atoms with E-state index >= 15 is 0 Å². The molecule has 6 nitrogen and oxygen atoms in total. The summed E-state index contributed by atoms with van der Waals surface area (Å²) in [4.78, 5) is 14.9. The lowest BCUT2D eigenvalue weighted by Crippen LogP contribution is -2.35. The summed E-state index contributed by atoms with van der Waals surface area (Å²) in [5.41, 5.74) is 2.34. The normalized spacial score (nSPS) is 12.5. The molecule has 1 atom stereocenters. The van der Waals surface area contributed by atoms with Gasteiger partial charge in [0.05, 0.1) is 6.04 Å². The van der Waals surface area contributed by atoms with Crippen LogP contribution < -0.4 is 10.0 Å². The molecule has 0 saturated carbocycles. The topological polar surface area (TPSA) is 78.5 Å². The molecular weight excluding hydrogens is 454 g/mol. The third kappa shape index (κ3) is 5.65. The second-order valence-electron chi connectivity index (χ2n) is 7.30. The lowest BCUT2D eigenvalue weighted by molar-refractivity contribution is 0.0943. The summed E-state index contributed by atoms with van der Waals surface area (Å²) in [7, 11) is -0.113. The van der Waals surface area contributed by atoms with E-state index in [4.69, 9.17) is 11.6 Å². The fourth-order valence-corrected chi connectivity index (χ4v) is 5.76. The summed E-state index contributed by atoms with van der Waals surface area (Å²) in [6, 6.07) is 15.7. The number of carbonyl (C=O) groups excluding carboxylic acids is 1. The van der Waals surface area contributed by atoms with Crippen LogP contribution in [0.3, 0.4) is 0 Å². The molecule has 0 aliphatic rings. The van der Waals surface area contributed by atoms with Crippen LogP contribution in [-0.2, 0) is 10.0 Å². The van der Waals surface area contributed by atoms with Gasteiger partial charge in [0.2, 0.25) is 0 Å². The number of benzene rings is 2. The van der Waals surface area contributed by atoms with Gasteiger partial charge < -0.3 is 10.2 Å². The smallest absolute Gasteiger partial charge is 0.263 e. The van der Waals surface area contributed by atoms with Crippen molar-refractivity contribution in [2.75, 3.05) is 25.4 Å². The average Bonchev–Trinajstić information content (AvgIpc) is 3.22. The van der Waals surface area contributed by atoms with Crippen LogP contribution in [0.1, 0.15) is 26.8 Å². The lowest BCUT2D eigenvalue weighted by atomic mass is 10.1. The molecule has 1 heterocycles. The van der Waals surface area contributed by atoms with Gasteiger partial charge in [-0.2, -0.15) is 0 Å². The number of sulfonamides is 1. The number of hydrogen-bond acceptors (Lipinski definition) is 5. The van der Waals surface area contributed by atoms with Crippen molar-refractivity contribution in [3.63, 3.8) is 0 Å². The number of thiophene rings is 1. The average molecular weight is 478 g/mol. The molecule has 3 rings (SSSR count). The maximum absolute atomic E-state index is 12.9. The fraction of sp³-hybridized carbons (Fsp3) is 0.227. The number of amides is 1. The Morgan fingerprint density at radius 2 is 1.77 bits per heavy atom. The standard InChI is InChI=1S/C22H24ClN3O3S2/c1-15-8-10-16(11-9-15)25-31(28,29)20-12-13-30-21(20)22(27)24-14-19(26(2)3)17-6-4-5-7-18(17)23/h4-13,19,25H,14H2,1-3H3,(H,24,27). The molecule has 0 aliphatic carbocycles. The van der Waals surface area contributed by atoms with Gasteiger partial charge in [0, 0.05) is 17.3 Å². The van der Waals surface area contributed by atoms with Crippen LogP contribution in [0.2, 0.25) is 5.02 Å². The lowest BCUT2D eigenvalue weighted by Gasteiger charge is -2.26. The van der Waals surface area contributed by atoms with Gasteiger partial charge in [-0.1, -0.05) is 47.5 Å². The zero-order valence-electron chi connectivity index (χ0n) is 17.4. The Morgan fingerprint density at radius 3 is 2.42 bits per heavy atom. The first-order chi connectivity index (χ1) is 14.7. The van der Waals surface area contributed by atoms with Gasteiger partial charge in [-0.05, 0) is 56.2 Å². The zero-order chi connectivity index (χ0) is 22.6. The first kappa shape index (κ1) is 23.3. The molecule has 2 N–H and O–H groups in total. The van der Waals surface area contributed by atoms with Crippen LogP contribution in [0.25, 0.3) is 0 Å². The van der Waals surface area contributed by atoms with E-state index in [1.807, 2.05) is 56.3 Å². The number of hydrogen-bond donors (Lipinski definition) is 2. The Balaban J connectivity index is 1.77. The number of rotatable bonds is 8. The molecule has 2 aromatic carbocycles. The summed E-state index contributed by atoms with van der Waals surface area (Å²) in [6.07, 6.45) is 0. The Bertz CT molecular complexity index is 1160. The highest BCUT2D eigenvalue weighted by atomic mass is 35.5. The first-order valence-electron chi connectivity index (χ1n) is 9.55. The van der Waals surface area contributed by atoms with Gasteiger partial charge in [0.1, 0.15) is 9.77 Å². The number of halogens is 1. The molecule has 0 fully saturated rings. The molecule has 0 aliphatic heterocycles. The minimum atomic E-state index is -3.90. The molecule has 0 bridgehead atoms. The van der Waals surface area contributed by atoms with E-state index in [2.05, 4.69) is 10.0 Å². The third-order valence-corrected chi connectivity index (χ3v) is 7.58. The summed E-state index contributed by atoms with van der Waals surface area (Å²) < 4.78 is 28.3. The van der Waals surface area contributed by atoms with E-state index in [1.165, 1.54) is 6.07 Å². The Hall–Kier alpha value is -2.39. The SMILES string of the molecule is Cc1ccc(NS(=O)(=O)c2ccsc2C(=O)NCC(c2ccccc2Cl)N(C)C)cc1. The molecule has 164 valence electrons. The second kappa shape index (κ2) is 9.82. The Morgan fingerprint density at radius 1 is 1.10 bits per heavy atom. The largest absolute Gasteiger partial charge is 0.349 e. The minimum absolute atomic E-state index is 0.0466. The van der Waals surface area contributed by atoms with Crippen molar-refractivity contribution >= 4 is 44.6 Å². The van der Waals surface area contributed by atoms with Crippen molar-refractivity contribution in [3.8, 4) is 0 Å². The first-order valence-corrected chi connectivity index (χ1v) is 12.3. The van der Waals surface area contributed by atoms with Gasteiger partial charge in [0.15, 0.2) is 0 Å². The monoisotopic (exact) mass is 477 g/mol. The molecule has 0 spiro atoms. The van der Waals surface area contributed by atoms with Crippen molar-refractivity contribution in [2.24, 2.45) is 0 Å². The highest BCUT2D eigenvalue weighted by Gasteiger charge is 2.25. The van der Waals surface area contributed by atoms with Crippen LogP contribution in [0.4, 0.5) is 5.69 Å². The molecule has 3 aromatic rings. The molecule has 1 unspecified atom stereocenters. The predicted octanol–water partition coefficient (Wildman–Crippen LogP) is 4.54. The number of aryl methyl sites for hydroxylation is 1. The van der Waals surface area contributed by atoms with E-state index in [0.717, 1.165) is 22.5 Å². The Kier molecular flexibility index (Phi) is 7.38. The summed E-state index contributed by atoms with van der Waals surface area (Å²) >= 11 is 7.41. The number of nitrogens with zero attached hydrogens (tertiary/aromatic N) is 1. The van der Waals surface area contributed by atoms with E-state index in [-0.39, 0.29) is 22.4 Å². The molecular formula is C22H24ClN3O3S2. The molecule has 0 saturated heterocycles. The van der Waals surface area contributed by atoms with Crippen LogP contribution in [0.5, 0.6) is 0 Å². The highest BCUT2D eigenvalue weighted by molar-refractivity contribution is 7.93. The van der Waals surface area contributed by atoms with Crippen LogP contribution in [0, 0.1) is 6.92 Å². The summed E-state index contributed by atoms with van der Waals surface area (Å²) in [5.74, 6) is -0.446. The van der Waals surface area contributed by atoms with E-state index in [0.29, 0.717) is 10.7 Å². The Labute approximate surface area is 191 Å². The predicted molar refractivity (Wildman–Crippen MR) is 127 cm³/mol. The number of nitrogens with one attached hydrogen (secondary N) is 2. The number of anilines is 1. The van der Waals surface area contributed by atoms with Crippen LogP contribution in [0.15, 0.2) is 64.9 Å². The van der Waals surface area contributed by atoms with Gasteiger partial charge in [-0.25, -0.2) is 8.42 Å². The maximum atomic E-state index is 12.9. The third-order valence-electron chi connectivity index (χ3n) is 4.77. The van der Waals surface area contributed by atoms with E-state index in [9.17, 15) is 13.2 Å². The molecule has 1 amide bonds. The van der Waals surface area contributed by atoms with Gasteiger partial charge in [-0.3, -0.25) is 9.52 Å². The maximum Gasteiger partial charge on any atom is 0.263 e. The van der Waals surface area contributed by atoms with Crippen molar-refractivity contribution in [1.82, 2.24) is 10.2 Å². The minimum Gasteiger partial charge on any atom is -0.349 e. The molecule has 1 aromatic heterocycles. The number of carbonyl (C=O) groups is 1. The van der Waals surface area contributed by atoms with Crippen molar-refractivity contribution in [1.29, 1.82) is 0 Å². The molecule has 0 radical (unpaired) electrons. The van der Waals surface area contributed by atoms with Gasteiger partial charge in [-0.15, -0.1) is 11.3 Å². The van der Waals surface area contributed by atoms with Gasteiger partial charge >= 0.3 is 0 Å². The quantitative estimate of drug-likeness (QED) is 0.499. The van der Waals surface area contributed by atoms with Crippen LogP contribution in [-0.4, -0.2) is 39.9 Å². The number of likely N-dealkylation sites (N-methyl/N-ethyl adjacent to an activating group) is 1.